The lowest BCUT2D eigenvalue weighted by molar-refractivity contribution is -0.262. The van der Waals surface area contributed by atoms with Gasteiger partial charge in [0, 0.05) is 0 Å². The van der Waals surface area contributed by atoms with Gasteiger partial charge in [0.05, 0.1) is 12.6 Å². The van der Waals surface area contributed by atoms with Gasteiger partial charge in [0.1, 0.15) is 18.3 Å². The maximum Gasteiger partial charge on any atom is 0.332 e. The van der Waals surface area contributed by atoms with E-state index in [0.29, 0.717) is 0 Å². The first-order valence-electron chi connectivity index (χ1n) is 5.14. The lowest BCUT2D eigenvalue weighted by Crippen LogP contribution is -2.63. The minimum absolute atomic E-state index is 0.535. The van der Waals surface area contributed by atoms with Crippen molar-refractivity contribution in [2.45, 2.75) is 43.7 Å². The first-order chi connectivity index (χ1) is 7.88. The molecule has 100 valence electrons. The van der Waals surface area contributed by atoms with Crippen LogP contribution in [0.5, 0.6) is 0 Å². The number of carboxylic acid groups (broad SMARTS) is 1. The van der Waals surface area contributed by atoms with Gasteiger partial charge in [0.2, 0.25) is 0 Å². The highest BCUT2D eigenvalue weighted by atomic mass is 16.6. The van der Waals surface area contributed by atoms with Gasteiger partial charge < -0.3 is 35.6 Å². The lowest BCUT2D eigenvalue weighted by Gasteiger charge is -2.41. The molecule has 6 N–H and O–H groups in total. The Bertz CT molecular complexity index is 274. The molecule has 0 saturated carbocycles. The Hall–Kier alpha value is -0.770. The molecule has 0 aromatic heterocycles. The van der Waals surface area contributed by atoms with Crippen LogP contribution in [-0.4, -0.2) is 69.8 Å². The topological polar surface area (TPSA) is 142 Å². The molecule has 0 amide bonds. The van der Waals surface area contributed by atoms with Gasteiger partial charge >= 0.3 is 5.97 Å². The molecule has 1 rings (SSSR count). The fourth-order valence-electron chi connectivity index (χ4n) is 1.57. The van der Waals surface area contributed by atoms with Gasteiger partial charge in [-0.2, -0.15) is 0 Å². The van der Waals surface area contributed by atoms with Crippen LogP contribution < -0.4 is 5.73 Å². The molecular formula is C9H17NO7. The summed E-state index contributed by atoms with van der Waals surface area (Å²) in [5.74, 6) is -1.22. The number of rotatable bonds is 4. The number of carboxylic acids is 1. The van der Waals surface area contributed by atoms with Gasteiger partial charge in [-0.25, -0.2) is 4.79 Å². The van der Waals surface area contributed by atoms with E-state index < -0.39 is 49.3 Å². The molecule has 0 aromatic carbocycles. The van der Waals surface area contributed by atoms with Crippen molar-refractivity contribution in [3.05, 3.63) is 0 Å². The summed E-state index contributed by atoms with van der Waals surface area (Å²) in [7, 11) is 0. The van der Waals surface area contributed by atoms with E-state index in [0.717, 1.165) is 0 Å². The number of hydrogen-bond donors (Lipinski definition) is 5. The van der Waals surface area contributed by atoms with Gasteiger partial charge in [-0.15, -0.1) is 0 Å². The molecule has 6 atom stereocenters. The number of ether oxygens (including phenoxy) is 2. The molecule has 0 bridgehead atoms. The zero-order valence-corrected chi connectivity index (χ0v) is 9.26. The summed E-state index contributed by atoms with van der Waals surface area (Å²) in [5.41, 5.74) is 5.54. The fraction of sp³-hybridized carbons (Fsp3) is 0.889. The molecule has 8 heteroatoms. The van der Waals surface area contributed by atoms with Crippen LogP contribution in [-0.2, 0) is 14.3 Å². The third-order valence-corrected chi connectivity index (χ3v) is 2.63. The third-order valence-electron chi connectivity index (χ3n) is 2.63. The van der Waals surface area contributed by atoms with Gasteiger partial charge in [-0.3, -0.25) is 0 Å². The minimum Gasteiger partial charge on any atom is -0.479 e. The van der Waals surface area contributed by atoms with Crippen LogP contribution in [0.25, 0.3) is 0 Å². The Labute approximate surface area is 97.6 Å². The van der Waals surface area contributed by atoms with Crippen molar-refractivity contribution < 1.29 is 34.7 Å². The molecule has 17 heavy (non-hydrogen) atoms. The van der Waals surface area contributed by atoms with Crippen LogP contribution in [0.15, 0.2) is 0 Å². The maximum absolute atomic E-state index is 10.6. The molecule has 0 radical (unpaired) electrons. The third kappa shape index (κ3) is 3.12. The van der Waals surface area contributed by atoms with E-state index in [1.807, 2.05) is 0 Å². The summed E-state index contributed by atoms with van der Waals surface area (Å²) >= 11 is 0. The molecular weight excluding hydrogens is 234 g/mol. The van der Waals surface area contributed by atoms with E-state index in [-0.39, 0.29) is 0 Å². The largest absolute Gasteiger partial charge is 0.479 e. The van der Waals surface area contributed by atoms with Crippen molar-refractivity contribution in [2.75, 3.05) is 6.61 Å². The average Bonchev–Trinajstić information content (AvgIpc) is 2.28. The highest BCUT2D eigenvalue weighted by Crippen LogP contribution is 2.22. The molecule has 0 aromatic rings. The highest BCUT2D eigenvalue weighted by Gasteiger charge is 2.44. The summed E-state index contributed by atoms with van der Waals surface area (Å²) in [5, 5.41) is 36.8. The molecule has 8 nitrogen and oxygen atoms in total. The first-order valence-corrected chi connectivity index (χ1v) is 5.14. The second-order valence-electron chi connectivity index (χ2n) is 3.90. The van der Waals surface area contributed by atoms with E-state index in [9.17, 15) is 15.0 Å². The van der Waals surface area contributed by atoms with Crippen LogP contribution in [0.4, 0.5) is 0 Å². The van der Waals surface area contributed by atoms with Gasteiger partial charge in [0.25, 0.3) is 0 Å². The Kier molecular flexibility index (Phi) is 4.80. The van der Waals surface area contributed by atoms with Crippen molar-refractivity contribution in [2.24, 2.45) is 5.73 Å². The molecule has 0 spiro atoms. The van der Waals surface area contributed by atoms with Crippen LogP contribution in [0.1, 0.15) is 6.92 Å². The Morgan fingerprint density at radius 3 is 2.59 bits per heavy atom. The summed E-state index contributed by atoms with van der Waals surface area (Å²) in [6.45, 7) is 0.740. The van der Waals surface area contributed by atoms with Crippen molar-refractivity contribution in [3.63, 3.8) is 0 Å². The molecule has 1 saturated heterocycles. The van der Waals surface area contributed by atoms with Gasteiger partial charge in [0.15, 0.2) is 12.4 Å². The van der Waals surface area contributed by atoms with Gasteiger partial charge in [-0.1, -0.05) is 0 Å². The molecule has 1 fully saturated rings. The van der Waals surface area contributed by atoms with Crippen molar-refractivity contribution in [3.8, 4) is 0 Å². The van der Waals surface area contributed by atoms with Gasteiger partial charge in [-0.05, 0) is 6.92 Å². The van der Waals surface area contributed by atoms with Crippen molar-refractivity contribution in [1.29, 1.82) is 0 Å². The number of aliphatic hydroxyl groups is 3. The molecule has 1 heterocycles. The Morgan fingerprint density at radius 2 is 2.12 bits per heavy atom. The number of nitrogens with two attached hydrogens (primary N) is 1. The summed E-state index contributed by atoms with van der Waals surface area (Å²) < 4.78 is 9.89. The predicted octanol–water partition coefficient (Wildman–Crippen LogP) is -2.76. The summed E-state index contributed by atoms with van der Waals surface area (Å²) in [4.78, 5) is 10.6. The van der Waals surface area contributed by atoms with Crippen molar-refractivity contribution >= 4 is 5.97 Å². The second kappa shape index (κ2) is 5.71. The van der Waals surface area contributed by atoms with E-state index in [1.54, 1.807) is 0 Å². The van der Waals surface area contributed by atoms with Crippen LogP contribution in [0.2, 0.25) is 0 Å². The van der Waals surface area contributed by atoms with E-state index in [4.69, 9.17) is 25.4 Å². The van der Waals surface area contributed by atoms with E-state index in [1.165, 1.54) is 6.92 Å². The predicted molar refractivity (Wildman–Crippen MR) is 53.9 cm³/mol. The first kappa shape index (κ1) is 14.3. The normalized spacial score (nSPS) is 39.9. The lowest BCUT2D eigenvalue weighted by atomic mass is 9.97. The van der Waals surface area contributed by atoms with E-state index >= 15 is 0 Å². The quantitative estimate of drug-likeness (QED) is 0.361. The monoisotopic (exact) mass is 251 g/mol. The van der Waals surface area contributed by atoms with Crippen LogP contribution in [0.3, 0.4) is 0 Å². The Morgan fingerprint density at radius 1 is 1.53 bits per heavy atom. The number of hydrogen-bond acceptors (Lipinski definition) is 7. The number of aliphatic carboxylic acids is 1. The smallest absolute Gasteiger partial charge is 0.332 e. The Balaban J connectivity index is 2.74. The minimum atomic E-state index is -1.43. The number of aliphatic hydroxyl groups excluding tert-OH is 3. The summed E-state index contributed by atoms with van der Waals surface area (Å²) in [6.07, 6.45) is -6.11. The molecule has 1 aliphatic rings. The summed E-state index contributed by atoms with van der Waals surface area (Å²) in [6, 6.07) is -1.09. The molecule has 0 aliphatic carbocycles. The maximum atomic E-state index is 10.6. The molecule has 1 aliphatic heterocycles. The van der Waals surface area contributed by atoms with Crippen LogP contribution >= 0.6 is 0 Å². The van der Waals surface area contributed by atoms with Crippen LogP contribution in [0, 0.1) is 0 Å². The van der Waals surface area contributed by atoms with E-state index in [2.05, 4.69) is 0 Å². The second-order valence-corrected chi connectivity index (χ2v) is 3.90. The number of carbonyl (C=O) groups is 1. The molecule has 0 unspecified atom stereocenters. The fourth-order valence-corrected chi connectivity index (χ4v) is 1.57. The highest BCUT2D eigenvalue weighted by molar-refractivity contribution is 5.71. The standard InChI is InChI=1S/C9H17NO7/c1-3(8(13)14)16-7-5(10)9(15)17-4(2-11)6(7)12/h3-7,9,11-12,15H,2,10H2,1H3,(H,13,14)/t3-,4-,5-,6-,7+,9+/m0/s1. The zero-order valence-electron chi connectivity index (χ0n) is 9.26. The zero-order chi connectivity index (χ0) is 13.2. The van der Waals surface area contributed by atoms with Crippen molar-refractivity contribution in [1.82, 2.24) is 0 Å². The average molecular weight is 251 g/mol. The SMILES string of the molecule is C[C@H](O[C@@H]1[C@H](N)[C@H](O)O[C@@H](CO)[C@@H]1O)C(=O)O.